The molecule has 726 valence electrons. The van der Waals surface area contributed by atoms with Crippen molar-refractivity contribution in [1.29, 1.82) is 0 Å². The predicted octanol–water partition coefficient (Wildman–Crippen LogP) is 36.4. The van der Waals surface area contributed by atoms with Crippen LogP contribution in [0.1, 0.15) is 241 Å². The van der Waals surface area contributed by atoms with Crippen LogP contribution in [0.25, 0.3) is 197 Å². The molecule has 8 aromatic heterocycles. The number of hydrogen-bond acceptors (Lipinski definition) is 4. The largest absolute Gasteiger partial charge is 0.456 e. The highest BCUT2D eigenvalue weighted by molar-refractivity contribution is 6.19. The zero-order chi connectivity index (χ0) is 115. The lowest BCUT2D eigenvalue weighted by Crippen LogP contribution is -2.36. The number of furan rings is 4. The van der Waals surface area contributed by atoms with E-state index in [9.17, 15) is 1.37 Å². The van der Waals surface area contributed by atoms with Gasteiger partial charge in [-0.2, -0.15) is 18.3 Å². The Morgan fingerprint density at radius 1 is 0.297 bits per heavy atom. The smallest absolute Gasteiger partial charge is 0.216 e. The van der Waals surface area contributed by atoms with Gasteiger partial charge in [0, 0.05) is 147 Å². The van der Waals surface area contributed by atoms with Crippen LogP contribution in [-0.2, 0) is 40.9 Å². The maximum atomic E-state index is 9.18. The van der Waals surface area contributed by atoms with E-state index in [0.717, 1.165) is 132 Å². The van der Waals surface area contributed by atoms with Crippen LogP contribution >= 0.6 is 0 Å². The molecule has 0 fully saturated rings. The highest BCUT2D eigenvalue weighted by Gasteiger charge is 2.33. The lowest BCUT2D eigenvalue weighted by molar-refractivity contribution is -0.667. The quantitative estimate of drug-likeness (QED) is 0.0712. The molecule has 12 nitrogen and oxygen atoms in total. The summed E-state index contributed by atoms with van der Waals surface area (Å²) in [6.07, 6.45) is -3.58. The summed E-state index contributed by atoms with van der Waals surface area (Å²) in [5.74, 6) is 0.141. The number of nitrogens with zero attached hydrogens (tertiary/aromatic N) is 8. The molecule has 8 heterocycles. The number of benzene rings is 12. The van der Waals surface area contributed by atoms with Crippen molar-refractivity contribution in [3.8, 4) is 89.5 Å². The maximum absolute atomic E-state index is 9.18. The molecule has 0 aliphatic rings. The first kappa shape index (κ1) is 85.0. The SMILES string of the molecule is [2H]c1c(C([2H])(C)C)c([2H])c(-c2c(C)ccc3c2oc2c(-c4ccc(C(C)C)cc4)c([N+]#[C-])ccc23)[n+](C)c1C.[2H]c1c(C)c([2H])c(-c2c(C)ccc3c2oc2c(-c4ccc(C(C)C)cc4)c([N+]#[C-])ccc23)[n+](C)c1C.[2H]c1c([2H])c(-c2c(C)ccc3c2oc2c(-c4ccc(C(C)C)cc4)c([N+]#[C-])ccc23)[n+](C)c(C)c1C([2H])([2H])C(C)(C)C.[2H]c1c([2H])c(-c2c(C)ccc3c2oc2c(-c4ccc(C(C)C)cc4)c([N+]#[C-])ccc23)[n+](C)c(C)c1C([2H])([2H])C(C)C. The minimum Gasteiger partial charge on any atom is -0.456 e. The minimum atomic E-state index is -1.82. The van der Waals surface area contributed by atoms with E-state index in [1.165, 1.54) is 22.3 Å². The summed E-state index contributed by atoms with van der Waals surface area (Å²) in [6.45, 7) is 78.3. The number of fused-ring (bicyclic) bond motifs is 12. The Labute approximate surface area is 874 Å². The Bertz CT molecular complexity index is 9430. The van der Waals surface area contributed by atoms with Crippen LogP contribution < -0.4 is 18.3 Å². The maximum Gasteiger partial charge on any atom is 0.216 e. The third kappa shape index (κ3) is 19.1. The van der Waals surface area contributed by atoms with Gasteiger partial charge in [-0.05, 0) is 178 Å². The molecule has 0 aliphatic heterocycles. The van der Waals surface area contributed by atoms with Gasteiger partial charge in [-0.25, -0.2) is 19.4 Å². The summed E-state index contributed by atoms with van der Waals surface area (Å²) < 4.78 is 149. The second-order valence-electron chi connectivity index (χ2n) is 41.2. The second-order valence-corrected chi connectivity index (χ2v) is 41.2. The average molecular weight is 1920 g/mol. The van der Waals surface area contributed by atoms with E-state index < -0.39 is 24.1 Å². The predicted molar refractivity (Wildman–Crippen MR) is 603 cm³/mol. The lowest BCUT2D eigenvalue weighted by Gasteiger charge is -2.19. The fourth-order valence-electron chi connectivity index (χ4n) is 19.6. The van der Waals surface area contributed by atoms with Crippen LogP contribution in [0.5, 0.6) is 0 Å². The number of hydrogen-bond donors (Lipinski definition) is 0. The summed E-state index contributed by atoms with van der Waals surface area (Å²) >= 11 is 0. The summed E-state index contributed by atoms with van der Waals surface area (Å²) in [5.41, 5.74) is 31.3. The summed E-state index contributed by atoms with van der Waals surface area (Å²) in [7, 11) is 7.41. The van der Waals surface area contributed by atoms with Crippen LogP contribution in [0.3, 0.4) is 0 Å². The molecular formula is C133H134N8O4+4. The normalized spacial score (nSPS) is 13.3. The topological polar surface area (TPSA) is 85.5 Å². The molecule has 0 saturated heterocycles. The Balaban J connectivity index is 0.000000142. The third-order valence-corrected chi connectivity index (χ3v) is 28.2. The van der Waals surface area contributed by atoms with Crippen LogP contribution in [0.15, 0.2) is 260 Å². The molecule has 0 saturated carbocycles. The van der Waals surface area contributed by atoms with Crippen molar-refractivity contribution in [3.05, 3.63) is 378 Å². The molecule has 12 aromatic carbocycles. The number of aryl methyl sites for hydroxylation is 4. The first-order valence-corrected chi connectivity index (χ1v) is 49.8. The highest BCUT2D eigenvalue weighted by Crippen LogP contribution is 2.52. The highest BCUT2D eigenvalue weighted by atomic mass is 16.3. The Morgan fingerprint density at radius 2 is 0.552 bits per heavy atom. The average Bonchev–Trinajstić information content (AvgIpc) is 1.52. The first-order valence-electron chi connectivity index (χ1n) is 56.3. The van der Waals surface area contributed by atoms with Gasteiger partial charge in [0.15, 0.2) is 45.5 Å². The van der Waals surface area contributed by atoms with Crippen LogP contribution in [0, 0.1) is 99.9 Å². The van der Waals surface area contributed by atoms with Crippen molar-refractivity contribution >= 4 is 111 Å². The standard InChI is InChI=1S/C35H37N2O.C34H35N2O.C33H33N2O.C31H29N2O/c1-21(2)24-11-13-25(14-12-24)32-29(36-8)18-17-28-27-16-10-22(3)31(33(27)38-34(28)32)30-19-15-26(20-35(5,6)7)23(4)37(30)9;1-20(2)19-26-14-18-30(36(8)23(26)6)31-22(5)9-15-27-28-16-17-29(35-7)32(34(28)37-33(27)31)25-12-10-24(11-13-25)21(3)4;1-19(2)23-10-12-24(13-11-23)31-28(34-7)16-15-27-26-14-9-21(5)30(32(26)36-33(27)31)29-18-25(20(3)4)17-22(6)35(29)8;1-18(2)22-9-11-23(12-10-22)29-26(32-6)15-14-25-24-13-8-20(4)28(30(24)34-31(25)29)27-17-19(3)16-21(5)33(27)7/h10-19,21H,20H2,1-7,9H3;9-18,20-21H,19H2,1-6,8H3;9-20H,1-6,8H3;8-18H,1-5,7H3/q4*+1/i15D,19D,20D2;14D,18D,19D2;17D,18D,20D;16D,17D. The monoisotopic (exact) mass is 1920 g/mol. The molecule has 0 atom stereocenters. The summed E-state index contributed by atoms with van der Waals surface area (Å²) in [6, 6.07) is 65.3. The summed E-state index contributed by atoms with van der Waals surface area (Å²) in [4.78, 5) is 15.3. The van der Waals surface area contributed by atoms with Gasteiger partial charge in [-0.15, -0.1) is 0 Å². The number of pyridine rings is 4. The van der Waals surface area contributed by atoms with Crippen molar-refractivity contribution in [1.82, 2.24) is 0 Å². The van der Waals surface area contributed by atoms with Crippen LogP contribution in [0.4, 0.5) is 22.7 Å². The van der Waals surface area contributed by atoms with Crippen molar-refractivity contribution in [2.24, 2.45) is 39.5 Å². The molecule has 0 N–H and O–H groups in total. The molecule has 0 bridgehead atoms. The molecule has 0 amide bonds. The first-order chi connectivity index (χ1) is 74.4. The molecule has 0 aliphatic carbocycles. The van der Waals surface area contributed by atoms with E-state index in [0.29, 0.717) is 160 Å². The third-order valence-electron chi connectivity index (χ3n) is 28.2. The molecule has 20 aromatic rings. The van der Waals surface area contributed by atoms with Gasteiger partial charge in [-0.3, -0.25) is 0 Å². The number of rotatable bonds is 16. The lowest BCUT2D eigenvalue weighted by atomic mass is 9.87. The fourth-order valence-corrected chi connectivity index (χ4v) is 19.6. The molecule has 0 spiro atoms. The zero-order valence-corrected chi connectivity index (χ0v) is 88.6. The van der Waals surface area contributed by atoms with Gasteiger partial charge < -0.3 is 17.7 Å². The zero-order valence-electron chi connectivity index (χ0n) is 102. The Morgan fingerprint density at radius 3 is 0.821 bits per heavy atom. The molecule has 145 heavy (non-hydrogen) atoms. The van der Waals surface area contributed by atoms with Gasteiger partial charge in [0.1, 0.15) is 72.9 Å². The van der Waals surface area contributed by atoms with Crippen LogP contribution in [0.2, 0.25) is 0 Å². The van der Waals surface area contributed by atoms with E-state index in [1.807, 2.05) is 239 Å². The molecule has 12 heteroatoms. The molecule has 0 radical (unpaired) electrons. The minimum absolute atomic E-state index is 0.0416. The van der Waals surface area contributed by atoms with Crippen molar-refractivity contribution < 1.29 is 53.8 Å². The van der Waals surface area contributed by atoms with E-state index in [2.05, 4.69) is 160 Å². The van der Waals surface area contributed by atoms with Gasteiger partial charge >= 0.3 is 0 Å². The van der Waals surface area contributed by atoms with Crippen molar-refractivity contribution in [2.75, 3.05) is 0 Å². The van der Waals surface area contributed by atoms with Gasteiger partial charge in [-0.1, -0.05) is 298 Å². The van der Waals surface area contributed by atoms with E-state index in [1.54, 1.807) is 27.7 Å². The van der Waals surface area contributed by atoms with E-state index in [4.69, 9.17) is 60.4 Å². The van der Waals surface area contributed by atoms with Crippen LogP contribution in [-0.4, -0.2) is 0 Å². The Hall–Kier alpha value is -15.6. The van der Waals surface area contributed by atoms with Gasteiger partial charge in [0.25, 0.3) is 0 Å². The number of aromatic nitrogens is 4. The Kier molecular flexibility index (Phi) is 23.8. The van der Waals surface area contributed by atoms with Crippen molar-refractivity contribution in [3.63, 3.8) is 0 Å². The second kappa shape index (κ2) is 40.7. The van der Waals surface area contributed by atoms with Gasteiger partial charge in [0.2, 0.25) is 22.8 Å². The molecular weight excluding hydrogens is 1770 g/mol. The van der Waals surface area contributed by atoms with E-state index >= 15 is 0 Å². The molecule has 20 rings (SSSR count). The van der Waals surface area contributed by atoms with Crippen molar-refractivity contribution in [2.45, 2.75) is 208 Å². The fraction of sp³-hybridized carbons (Fsp3) is 0.278. The van der Waals surface area contributed by atoms with E-state index in [-0.39, 0.29) is 53.3 Å². The van der Waals surface area contributed by atoms with Gasteiger partial charge in [0.05, 0.1) is 59.5 Å². The summed E-state index contributed by atoms with van der Waals surface area (Å²) in [5, 5.41) is 7.18. The molecule has 0 unspecified atom stereocenters.